The van der Waals surface area contributed by atoms with E-state index in [9.17, 15) is 5.11 Å². The molecule has 0 fully saturated rings. The van der Waals surface area contributed by atoms with Gasteiger partial charge in [-0.25, -0.2) is 4.98 Å². The Kier molecular flexibility index (Phi) is 3.98. The summed E-state index contributed by atoms with van der Waals surface area (Å²) in [6.07, 6.45) is 7.24. The maximum atomic E-state index is 9.98. The Morgan fingerprint density at radius 2 is 2.20 bits per heavy atom. The zero-order valence-corrected chi connectivity index (χ0v) is 12.4. The van der Waals surface area contributed by atoms with Gasteiger partial charge in [0, 0.05) is 30.9 Å². The number of hydrogen-bond acceptors (Lipinski definition) is 5. The number of likely N-dealkylation sites (N-methyl/N-ethyl adjacent to an activating group) is 1. The first-order valence-electron chi connectivity index (χ1n) is 7.02. The Morgan fingerprint density at radius 3 is 2.95 bits per heavy atom. The monoisotopic (exact) mass is 289 g/mol. The van der Waals surface area contributed by atoms with E-state index in [0.717, 1.165) is 43.1 Å². The van der Waals surface area contributed by atoms with Gasteiger partial charge in [0.05, 0.1) is 11.8 Å². The fourth-order valence-electron chi connectivity index (χ4n) is 2.49. The smallest absolute Gasteiger partial charge is 0.185 e. The van der Waals surface area contributed by atoms with Crippen LogP contribution in [0.25, 0.3) is 0 Å². The normalized spacial score (nSPS) is 17.8. The fraction of sp³-hybridized carbons (Fsp3) is 0.467. The van der Waals surface area contributed by atoms with Crippen molar-refractivity contribution in [1.29, 1.82) is 0 Å². The molecule has 0 aliphatic heterocycles. The minimum absolute atomic E-state index is 0.364. The molecule has 1 aliphatic rings. The van der Waals surface area contributed by atoms with Crippen LogP contribution in [0, 0.1) is 0 Å². The summed E-state index contributed by atoms with van der Waals surface area (Å²) in [7, 11) is 2.07. The molecule has 5 heteroatoms. The maximum absolute atomic E-state index is 9.98. The molecule has 3 rings (SSSR count). The Balaban J connectivity index is 1.67. The largest absolute Gasteiger partial charge is 0.387 e. The zero-order chi connectivity index (χ0) is 13.9. The van der Waals surface area contributed by atoms with Gasteiger partial charge in [-0.15, -0.1) is 11.3 Å². The fourth-order valence-corrected chi connectivity index (χ4v) is 3.63. The van der Waals surface area contributed by atoms with Gasteiger partial charge in [0.1, 0.15) is 0 Å². The molecule has 2 aromatic heterocycles. The maximum Gasteiger partial charge on any atom is 0.185 e. The molecule has 2 aromatic rings. The van der Waals surface area contributed by atoms with E-state index in [-0.39, 0.29) is 6.10 Å². The van der Waals surface area contributed by atoms with Crippen molar-refractivity contribution in [3.8, 4) is 0 Å². The van der Waals surface area contributed by atoms with Crippen LogP contribution < -0.4 is 4.90 Å². The molecular weight excluding hydrogens is 270 g/mol. The van der Waals surface area contributed by atoms with Crippen LogP contribution in [0.3, 0.4) is 0 Å². The Hall–Kier alpha value is -1.46. The summed E-state index contributed by atoms with van der Waals surface area (Å²) in [5, 5.41) is 11.0. The molecule has 0 amide bonds. The Labute approximate surface area is 123 Å². The van der Waals surface area contributed by atoms with Crippen molar-refractivity contribution in [3.05, 3.63) is 40.7 Å². The standard InChI is InChI=1S/C15H19N3OS/c1-18(10-7-11-5-8-16-9-6-11)15-17-14-12(19)3-2-4-13(14)20-15/h5-6,8-9,12,19H,2-4,7,10H2,1H3. The lowest BCUT2D eigenvalue weighted by Crippen LogP contribution is -2.20. The third kappa shape index (κ3) is 2.83. The van der Waals surface area contributed by atoms with Crippen molar-refractivity contribution in [1.82, 2.24) is 9.97 Å². The number of hydrogen-bond donors (Lipinski definition) is 1. The third-order valence-corrected chi connectivity index (χ3v) is 4.97. The Bertz CT molecular complexity index is 570. The van der Waals surface area contributed by atoms with Crippen LogP contribution in [0.4, 0.5) is 5.13 Å². The lowest BCUT2D eigenvalue weighted by atomic mass is 10.0. The minimum atomic E-state index is -0.364. The highest BCUT2D eigenvalue weighted by molar-refractivity contribution is 7.15. The van der Waals surface area contributed by atoms with Crippen molar-refractivity contribution >= 4 is 16.5 Å². The van der Waals surface area contributed by atoms with E-state index < -0.39 is 0 Å². The average Bonchev–Trinajstić information content (AvgIpc) is 2.91. The van der Waals surface area contributed by atoms with Crippen molar-refractivity contribution in [3.63, 3.8) is 0 Å². The van der Waals surface area contributed by atoms with Crippen molar-refractivity contribution in [2.24, 2.45) is 0 Å². The van der Waals surface area contributed by atoms with Crippen molar-refractivity contribution < 1.29 is 5.11 Å². The molecular formula is C15H19N3OS. The lowest BCUT2D eigenvalue weighted by molar-refractivity contribution is 0.153. The molecule has 106 valence electrons. The van der Waals surface area contributed by atoms with E-state index in [0.29, 0.717) is 0 Å². The van der Waals surface area contributed by atoms with E-state index in [2.05, 4.69) is 21.9 Å². The molecule has 1 N–H and O–H groups in total. The number of nitrogens with zero attached hydrogens (tertiary/aromatic N) is 3. The molecule has 2 heterocycles. The summed E-state index contributed by atoms with van der Waals surface area (Å²) in [6, 6.07) is 4.09. The van der Waals surface area contributed by atoms with Gasteiger partial charge in [0.25, 0.3) is 0 Å². The highest BCUT2D eigenvalue weighted by Gasteiger charge is 2.23. The van der Waals surface area contributed by atoms with Crippen LogP contribution in [-0.2, 0) is 12.8 Å². The predicted octanol–water partition coefficient (Wildman–Crippen LogP) is 2.59. The van der Waals surface area contributed by atoms with Gasteiger partial charge < -0.3 is 10.0 Å². The van der Waals surface area contributed by atoms with Crippen molar-refractivity contribution in [2.45, 2.75) is 31.8 Å². The molecule has 0 spiro atoms. The van der Waals surface area contributed by atoms with E-state index >= 15 is 0 Å². The number of fused-ring (bicyclic) bond motifs is 1. The van der Waals surface area contributed by atoms with Gasteiger partial charge in [-0.2, -0.15) is 0 Å². The predicted molar refractivity (Wildman–Crippen MR) is 81.2 cm³/mol. The first kappa shape index (κ1) is 13.5. The molecule has 1 unspecified atom stereocenters. The summed E-state index contributed by atoms with van der Waals surface area (Å²) < 4.78 is 0. The SMILES string of the molecule is CN(CCc1ccncc1)c1nc2c(s1)CCCC2O. The molecule has 1 atom stereocenters. The first-order valence-corrected chi connectivity index (χ1v) is 7.83. The van der Waals surface area contributed by atoms with E-state index in [1.165, 1.54) is 10.4 Å². The highest BCUT2D eigenvalue weighted by Crippen LogP contribution is 2.36. The number of anilines is 1. The summed E-state index contributed by atoms with van der Waals surface area (Å²) >= 11 is 1.72. The molecule has 0 aromatic carbocycles. The number of aryl methyl sites for hydroxylation is 1. The van der Waals surface area contributed by atoms with Crippen LogP contribution in [-0.4, -0.2) is 28.7 Å². The van der Waals surface area contributed by atoms with Crippen molar-refractivity contribution in [2.75, 3.05) is 18.5 Å². The first-order chi connectivity index (χ1) is 9.74. The van der Waals surface area contributed by atoms with Gasteiger partial charge >= 0.3 is 0 Å². The number of aromatic nitrogens is 2. The van der Waals surface area contributed by atoms with Gasteiger partial charge in [-0.1, -0.05) is 0 Å². The van der Waals surface area contributed by atoms with Crippen LogP contribution in [0.1, 0.15) is 35.1 Å². The second kappa shape index (κ2) is 5.89. The van der Waals surface area contributed by atoms with Gasteiger partial charge in [0.2, 0.25) is 0 Å². The molecule has 20 heavy (non-hydrogen) atoms. The molecule has 4 nitrogen and oxygen atoms in total. The number of rotatable bonds is 4. The minimum Gasteiger partial charge on any atom is -0.387 e. The quantitative estimate of drug-likeness (QED) is 0.940. The molecule has 0 radical (unpaired) electrons. The van der Waals surface area contributed by atoms with E-state index in [1.807, 2.05) is 24.5 Å². The third-order valence-electron chi connectivity index (χ3n) is 3.73. The van der Waals surface area contributed by atoms with Gasteiger partial charge in [0.15, 0.2) is 5.13 Å². The summed E-state index contributed by atoms with van der Waals surface area (Å²) in [5.41, 5.74) is 2.19. The zero-order valence-electron chi connectivity index (χ0n) is 11.6. The highest BCUT2D eigenvalue weighted by atomic mass is 32.1. The number of pyridine rings is 1. The number of aliphatic hydroxyl groups excluding tert-OH is 1. The average molecular weight is 289 g/mol. The van der Waals surface area contributed by atoms with Crippen LogP contribution in [0.15, 0.2) is 24.5 Å². The van der Waals surface area contributed by atoms with Gasteiger partial charge in [-0.05, 0) is 43.4 Å². The number of thiazole rings is 1. The van der Waals surface area contributed by atoms with E-state index in [4.69, 9.17) is 0 Å². The topological polar surface area (TPSA) is 49.2 Å². The Morgan fingerprint density at radius 1 is 1.40 bits per heavy atom. The van der Waals surface area contributed by atoms with Crippen LogP contribution in [0.2, 0.25) is 0 Å². The van der Waals surface area contributed by atoms with Crippen LogP contribution in [0.5, 0.6) is 0 Å². The molecule has 0 saturated carbocycles. The molecule has 0 bridgehead atoms. The van der Waals surface area contributed by atoms with Crippen LogP contribution >= 0.6 is 11.3 Å². The summed E-state index contributed by atoms with van der Waals surface area (Å²) in [4.78, 5) is 12.1. The second-order valence-corrected chi connectivity index (χ2v) is 6.30. The molecule has 1 aliphatic carbocycles. The van der Waals surface area contributed by atoms with E-state index in [1.54, 1.807) is 11.3 Å². The summed E-state index contributed by atoms with van der Waals surface area (Å²) in [6.45, 7) is 0.923. The van der Waals surface area contributed by atoms with Gasteiger partial charge in [-0.3, -0.25) is 4.98 Å². The lowest BCUT2D eigenvalue weighted by Gasteiger charge is -2.15. The summed E-state index contributed by atoms with van der Waals surface area (Å²) in [5.74, 6) is 0. The molecule has 0 saturated heterocycles. The number of aliphatic hydroxyl groups is 1. The second-order valence-electron chi connectivity index (χ2n) is 5.24.